The second-order valence-electron chi connectivity index (χ2n) is 5.99. The summed E-state index contributed by atoms with van der Waals surface area (Å²) in [6.45, 7) is 2.17. The molecule has 7 heteroatoms. The Morgan fingerprint density at radius 1 is 1.28 bits per heavy atom. The molecule has 1 unspecified atom stereocenters. The summed E-state index contributed by atoms with van der Waals surface area (Å²) < 4.78 is 5.41. The molecule has 0 aliphatic carbocycles. The van der Waals surface area contributed by atoms with E-state index in [0.717, 1.165) is 10.5 Å². The molecule has 3 rings (SSSR count). The molecule has 1 aromatic rings. The minimum atomic E-state index is -0.457. The number of β-lactam (4-membered cyclic amide) rings is 1. The lowest BCUT2D eigenvalue weighted by molar-refractivity contribution is -0.150. The molecule has 1 aromatic carbocycles. The van der Waals surface area contributed by atoms with Gasteiger partial charge in [0.25, 0.3) is 0 Å². The van der Waals surface area contributed by atoms with Gasteiger partial charge in [0.05, 0.1) is 6.04 Å². The molecule has 0 saturated carbocycles. The van der Waals surface area contributed by atoms with Crippen LogP contribution >= 0.6 is 11.8 Å². The zero-order valence-electron chi connectivity index (χ0n) is 14.0. The Kier molecular flexibility index (Phi) is 5.43. The van der Waals surface area contributed by atoms with Crippen LogP contribution in [0.5, 0.6) is 0 Å². The number of hydrogen-bond acceptors (Lipinski definition) is 5. The lowest BCUT2D eigenvalue weighted by atomic mass is 10.0. The number of fused-ring (bicyclic) bond motifs is 1. The highest BCUT2D eigenvalue weighted by molar-refractivity contribution is 8.03. The smallest absolute Gasteiger partial charge is 0.356 e. The van der Waals surface area contributed by atoms with Gasteiger partial charge in [-0.3, -0.25) is 9.59 Å². The zero-order valence-corrected chi connectivity index (χ0v) is 14.8. The second-order valence-corrected chi connectivity index (χ2v) is 7.18. The van der Waals surface area contributed by atoms with E-state index in [0.29, 0.717) is 30.8 Å². The summed E-state index contributed by atoms with van der Waals surface area (Å²) in [5.41, 5.74) is 1.28. The van der Waals surface area contributed by atoms with Gasteiger partial charge in [0.1, 0.15) is 12.3 Å². The lowest BCUT2D eigenvalue weighted by Gasteiger charge is -2.35. The Morgan fingerprint density at radius 2 is 2.04 bits per heavy atom. The first-order valence-electron chi connectivity index (χ1n) is 8.19. The summed E-state index contributed by atoms with van der Waals surface area (Å²) in [4.78, 5) is 37.8. The molecule has 1 saturated heterocycles. The van der Waals surface area contributed by atoms with E-state index in [1.165, 1.54) is 18.7 Å². The number of thioether (sulfide) groups is 1. The summed E-state index contributed by atoms with van der Waals surface area (Å²) in [5.74, 6) is 0.0807. The fraction of sp³-hybridized carbons (Fsp3) is 0.389. The van der Waals surface area contributed by atoms with Crippen molar-refractivity contribution in [3.05, 3.63) is 46.5 Å². The first kappa shape index (κ1) is 17.5. The van der Waals surface area contributed by atoms with E-state index in [1.807, 2.05) is 30.3 Å². The van der Waals surface area contributed by atoms with Crippen LogP contribution in [-0.2, 0) is 25.7 Å². The summed E-state index contributed by atoms with van der Waals surface area (Å²) in [7, 11) is 0. The van der Waals surface area contributed by atoms with Crippen molar-refractivity contribution in [2.45, 2.75) is 32.4 Å². The molecule has 6 nitrogen and oxygen atoms in total. The van der Waals surface area contributed by atoms with Crippen molar-refractivity contribution in [3.63, 3.8) is 0 Å². The summed E-state index contributed by atoms with van der Waals surface area (Å²) in [6, 6.07) is 9.52. The van der Waals surface area contributed by atoms with Gasteiger partial charge >= 0.3 is 5.97 Å². The van der Waals surface area contributed by atoms with Crippen molar-refractivity contribution in [1.82, 2.24) is 10.2 Å². The molecule has 132 valence electrons. The van der Waals surface area contributed by atoms with E-state index in [-0.39, 0.29) is 24.5 Å². The van der Waals surface area contributed by atoms with E-state index < -0.39 is 5.97 Å². The largest absolute Gasteiger partial charge is 0.456 e. The molecular weight excluding hydrogens is 340 g/mol. The molecule has 0 aromatic heterocycles. The molecule has 2 amide bonds. The van der Waals surface area contributed by atoms with Gasteiger partial charge < -0.3 is 15.0 Å². The Labute approximate surface area is 150 Å². The number of amides is 2. The second kappa shape index (κ2) is 7.74. The van der Waals surface area contributed by atoms with Crippen molar-refractivity contribution < 1.29 is 19.1 Å². The van der Waals surface area contributed by atoms with Gasteiger partial charge in [-0.05, 0) is 5.56 Å². The Hall–Kier alpha value is -2.28. The average Bonchev–Trinajstić information content (AvgIpc) is 2.89. The van der Waals surface area contributed by atoms with Crippen LogP contribution in [0.15, 0.2) is 40.9 Å². The van der Waals surface area contributed by atoms with Crippen LogP contribution in [-0.4, -0.2) is 41.0 Å². The third-order valence-corrected chi connectivity index (χ3v) is 5.25. The maximum atomic E-state index is 12.5. The van der Waals surface area contributed by atoms with Crippen LogP contribution in [0.4, 0.5) is 0 Å². The van der Waals surface area contributed by atoms with Gasteiger partial charge in [-0.15, -0.1) is 11.8 Å². The molecule has 2 heterocycles. The average molecular weight is 360 g/mol. The van der Waals surface area contributed by atoms with Crippen LogP contribution in [0.1, 0.15) is 25.3 Å². The molecule has 1 atom stereocenters. The van der Waals surface area contributed by atoms with Crippen LogP contribution < -0.4 is 5.32 Å². The zero-order chi connectivity index (χ0) is 17.8. The van der Waals surface area contributed by atoms with Crippen LogP contribution in [0.2, 0.25) is 0 Å². The van der Waals surface area contributed by atoms with Gasteiger partial charge in [-0.25, -0.2) is 4.79 Å². The van der Waals surface area contributed by atoms with Gasteiger partial charge in [0.15, 0.2) is 0 Å². The quantitative estimate of drug-likeness (QED) is 0.456. The van der Waals surface area contributed by atoms with E-state index in [9.17, 15) is 14.4 Å². The first-order valence-corrected chi connectivity index (χ1v) is 9.18. The molecular formula is C18H20N2O4S. The first-order chi connectivity index (χ1) is 12.1. The van der Waals surface area contributed by atoms with E-state index >= 15 is 0 Å². The van der Waals surface area contributed by atoms with Crippen molar-refractivity contribution >= 4 is 29.5 Å². The maximum absolute atomic E-state index is 12.5. The standard InChI is InChI=1S/C18H20N2O4S/c1-12(21)19-7-8-25-15-9-14-10-16(22)20(14)17(15)18(23)24-11-13-5-3-2-4-6-13/h2-6,14H,7-11H2,1H3,(H,19,21). The summed E-state index contributed by atoms with van der Waals surface area (Å²) in [6.07, 6.45) is 1.16. The number of rotatable bonds is 7. The predicted molar refractivity (Wildman–Crippen MR) is 94.3 cm³/mol. The number of esters is 1. The highest BCUT2D eigenvalue weighted by Crippen LogP contribution is 2.43. The number of hydrogen-bond donors (Lipinski definition) is 1. The minimum Gasteiger partial charge on any atom is -0.456 e. The Morgan fingerprint density at radius 3 is 2.72 bits per heavy atom. The fourth-order valence-corrected chi connectivity index (χ4v) is 4.01. The molecule has 1 fully saturated rings. The number of nitrogens with one attached hydrogen (secondary N) is 1. The van der Waals surface area contributed by atoms with E-state index in [4.69, 9.17) is 4.74 Å². The molecule has 1 N–H and O–H groups in total. The number of benzene rings is 1. The molecule has 0 spiro atoms. The number of nitrogens with zero attached hydrogens (tertiary/aromatic N) is 1. The van der Waals surface area contributed by atoms with Gasteiger partial charge in [0.2, 0.25) is 11.8 Å². The lowest BCUT2D eigenvalue weighted by Crippen LogP contribution is -2.49. The molecule has 0 radical (unpaired) electrons. The topological polar surface area (TPSA) is 75.7 Å². The third-order valence-electron chi connectivity index (χ3n) is 4.13. The normalized spacial score (nSPS) is 18.7. The van der Waals surface area contributed by atoms with Crippen LogP contribution in [0.25, 0.3) is 0 Å². The van der Waals surface area contributed by atoms with E-state index in [2.05, 4.69) is 5.32 Å². The monoisotopic (exact) mass is 360 g/mol. The van der Waals surface area contributed by atoms with E-state index in [1.54, 1.807) is 4.90 Å². The van der Waals surface area contributed by atoms with Gasteiger partial charge in [0, 0.05) is 37.0 Å². The summed E-state index contributed by atoms with van der Waals surface area (Å²) in [5, 5.41) is 2.73. The number of carbonyl (C=O) groups is 3. The van der Waals surface area contributed by atoms with Gasteiger partial charge in [-0.1, -0.05) is 30.3 Å². The van der Waals surface area contributed by atoms with Crippen molar-refractivity contribution in [2.24, 2.45) is 0 Å². The number of carbonyl (C=O) groups excluding carboxylic acids is 3. The van der Waals surface area contributed by atoms with Crippen molar-refractivity contribution in [1.29, 1.82) is 0 Å². The third kappa shape index (κ3) is 4.04. The maximum Gasteiger partial charge on any atom is 0.356 e. The fourth-order valence-electron chi connectivity index (χ4n) is 2.93. The highest BCUT2D eigenvalue weighted by Gasteiger charge is 2.47. The van der Waals surface area contributed by atoms with Crippen LogP contribution in [0, 0.1) is 0 Å². The summed E-state index contributed by atoms with van der Waals surface area (Å²) >= 11 is 1.50. The van der Waals surface area contributed by atoms with Crippen molar-refractivity contribution in [3.8, 4) is 0 Å². The predicted octanol–water partition coefficient (Wildman–Crippen LogP) is 1.82. The number of ether oxygens (including phenoxy) is 1. The highest BCUT2D eigenvalue weighted by atomic mass is 32.2. The molecule has 25 heavy (non-hydrogen) atoms. The van der Waals surface area contributed by atoms with Gasteiger partial charge in [-0.2, -0.15) is 0 Å². The SMILES string of the molecule is CC(=O)NCCSC1=C(C(=O)OCc2ccccc2)N2C(=O)CC2C1. The Balaban J connectivity index is 1.64. The Bertz CT molecular complexity index is 717. The molecule has 2 aliphatic rings. The molecule has 2 aliphatic heterocycles. The van der Waals surface area contributed by atoms with Crippen LogP contribution in [0.3, 0.4) is 0 Å². The van der Waals surface area contributed by atoms with Crippen molar-refractivity contribution in [2.75, 3.05) is 12.3 Å². The minimum absolute atomic E-state index is 0.0332. The molecule has 0 bridgehead atoms.